The number of aromatic amines is 2. The van der Waals surface area contributed by atoms with Crippen LogP contribution in [-0.4, -0.2) is 37.2 Å². The first kappa shape index (κ1) is 18.6. The maximum Gasteiger partial charge on any atom is 0.177 e. The first-order chi connectivity index (χ1) is 15.7. The summed E-state index contributed by atoms with van der Waals surface area (Å²) in [7, 11) is 1.61. The van der Waals surface area contributed by atoms with Crippen LogP contribution in [0, 0.1) is 5.13 Å². The summed E-state index contributed by atoms with van der Waals surface area (Å²) in [5.74, 6) is 0.664. The van der Waals surface area contributed by atoms with Gasteiger partial charge in [-0.25, -0.2) is 4.98 Å². The number of ether oxygens (including phenoxy) is 1. The monoisotopic (exact) mass is 442 g/mol. The molecule has 0 aliphatic rings. The van der Waals surface area contributed by atoms with E-state index in [0.717, 1.165) is 60.8 Å². The molecule has 6 aromatic rings. The summed E-state index contributed by atoms with van der Waals surface area (Å²) in [5, 5.41) is 8.20. The molecule has 32 heavy (non-hydrogen) atoms. The first-order valence-corrected chi connectivity index (χ1v) is 10.6. The van der Waals surface area contributed by atoms with Gasteiger partial charge < -0.3 is 9.72 Å². The minimum atomic E-state index is -0.239. The van der Waals surface area contributed by atoms with Crippen molar-refractivity contribution in [2.24, 2.45) is 0 Å². The van der Waals surface area contributed by atoms with Crippen LogP contribution in [0.1, 0.15) is 0 Å². The minimum Gasteiger partial charge on any atom is -0.495 e. The number of aromatic nitrogens is 6. The molecule has 0 atom stereocenters. The summed E-state index contributed by atoms with van der Waals surface area (Å²) in [5.41, 5.74) is 6.27. The van der Waals surface area contributed by atoms with Crippen LogP contribution < -0.4 is 4.74 Å². The zero-order valence-electron chi connectivity index (χ0n) is 16.8. The Bertz CT molecular complexity index is 1600. The third-order valence-electron chi connectivity index (χ3n) is 5.26. The van der Waals surface area contributed by atoms with Crippen LogP contribution in [0.4, 0.5) is 4.39 Å². The molecule has 9 heteroatoms. The van der Waals surface area contributed by atoms with Gasteiger partial charge in [-0.1, -0.05) is 0 Å². The van der Waals surface area contributed by atoms with Gasteiger partial charge in [0.2, 0.25) is 0 Å². The Labute approximate surface area is 185 Å². The Hall–Kier alpha value is -4.11. The molecule has 0 saturated heterocycles. The van der Waals surface area contributed by atoms with Gasteiger partial charge in [-0.3, -0.25) is 15.1 Å². The molecule has 0 bridgehead atoms. The molecule has 0 amide bonds. The van der Waals surface area contributed by atoms with E-state index in [9.17, 15) is 4.39 Å². The van der Waals surface area contributed by atoms with Crippen LogP contribution in [0.15, 0.2) is 61.1 Å². The highest BCUT2D eigenvalue weighted by Gasteiger charge is 2.16. The van der Waals surface area contributed by atoms with E-state index >= 15 is 0 Å². The Morgan fingerprint density at radius 3 is 2.78 bits per heavy atom. The number of nitrogens with one attached hydrogen (secondary N) is 2. The van der Waals surface area contributed by atoms with Gasteiger partial charge >= 0.3 is 0 Å². The van der Waals surface area contributed by atoms with Gasteiger partial charge in [0.15, 0.2) is 5.13 Å². The Kier molecular flexibility index (Phi) is 4.22. The number of halogens is 1. The fraction of sp³-hybridized carbons (Fsp3) is 0.0435. The van der Waals surface area contributed by atoms with E-state index in [1.807, 2.05) is 30.3 Å². The van der Waals surface area contributed by atoms with Gasteiger partial charge in [0.1, 0.15) is 17.0 Å². The Balaban J connectivity index is 1.49. The normalized spacial score (nSPS) is 11.4. The maximum absolute atomic E-state index is 13.6. The predicted molar refractivity (Wildman–Crippen MR) is 122 cm³/mol. The molecule has 0 saturated carbocycles. The molecular formula is C23H15FN6OS. The van der Waals surface area contributed by atoms with Crippen LogP contribution in [0.25, 0.3) is 55.2 Å². The van der Waals surface area contributed by atoms with Crippen molar-refractivity contribution < 1.29 is 9.13 Å². The number of hydrogen-bond donors (Lipinski definition) is 2. The van der Waals surface area contributed by atoms with Crippen LogP contribution in [0.5, 0.6) is 5.75 Å². The van der Waals surface area contributed by atoms with E-state index in [1.54, 1.807) is 31.8 Å². The topological polar surface area (TPSA) is 92.4 Å². The number of pyridine rings is 3. The molecule has 0 aliphatic heterocycles. The van der Waals surface area contributed by atoms with Crippen LogP contribution in [-0.2, 0) is 0 Å². The summed E-state index contributed by atoms with van der Waals surface area (Å²) in [6.45, 7) is 0. The standard InChI is InChI=1S/C23H15FN6OS/c1-31-13-8-12(10-25-11-13)15-2-3-17-22(28-15)23(30-29-17)18-9-14-16(27-18)6-7-26-21(14)19-4-5-20(24)32-19/h2-11,27H,1H3,(H,29,30). The second kappa shape index (κ2) is 7.24. The van der Waals surface area contributed by atoms with Crippen LogP contribution >= 0.6 is 11.3 Å². The van der Waals surface area contributed by atoms with Crippen molar-refractivity contribution >= 4 is 33.3 Å². The van der Waals surface area contributed by atoms with Gasteiger partial charge in [0.05, 0.1) is 40.8 Å². The molecule has 0 radical (unpaired) electrons. The number of fused-ring (bicyclic) bond motifs is 2. The molecule has 0 aliphatic carbocycles. The molecule has 6 rings (SSSR count). The number of rotatable bonds is 4. The zero-order chi connectivity index (χ0) is 21.7. The number of H-pyrrole nitrogens is 2. The highest BCUT2D eigenvalue weighted by molar-refractivity contribution is 7.13. The lowest BCUT2D eigenvalue weighted by Gasteiger charge is -2.04. The van der Waals surface area contributed by atoms with E-state index in [4.69, 9.17) is 9.72 Å². The van der Waals surface area contributed by atoms with E-state index in [-0.39, 0.29) is 5.13 Å². The average molecular weight is 442 g/mol. The third kappa shape index (κ3) is 3.02. The molecule has 0 fully saturated rings. The SMILES string of the molecule is COc1cncc(-c2ccc3[nH]nc(-c4cc5c(-c6ccc(F)s6)nccc5[nH]4)c3n2)c1. The van der Waals surface area contributed by atoms with Crippen molar-refractivity contribution in [3.8, 4) is 39.0 Å². The lowest BCUT2D eigenvalue weighted by atomic mass is 10.1. The van der Waals surface area contributed by atoms with Gasteiger partial charge in [-0.2, -0.15) is 9.49 Å². The van der Waals surface area contributed by atoms with Crippen LogP contribution in [0.3, 0.4) is 0 Å². The third-order valence-corrected chi connectivity index (χ3v) is 6.14. The van der Waals surface area contributed by atoms with Crippen molar-refractivity contribution in [3.05, 3.63) is 66.2 Å². The zero-order valence-corrected chi connectivity index (χ0v) is 17.6. The number of thiophene rings is 1. The molecule has 6 heterocycles. The number of hydrogen-bond acceptors (Lipinski definition) is 6. The smallest absolute Gasteiger partial charge is 0.177 e. The molecule has 0 aromatic carbocycles. The van der Waals surface area contributed by atoms with E-state index in [2.05, 4.69) is 25.1 Å². The molecule has 0 spiro atoms. The molecule has 2 N–H and O–H groups in total. The average Bonchev–Trinajstić information content (AvgIpc) is 3.55. The maximum atomic E-state index is 13.6. The fourth-order valence-electron chi connectivity index (χ4n) is 3.74. The van der Waals surface area contributed by atoms with E-state index in [1.165, 1.54) is 6.07 Å². The minimum absolute atomic E-state index is 0.239. The Morgan fingerprint density at radius 2 is 1.94 bits per heavy atom. The fourth-order valence-corrected chi connectivity index (χ4v) is 4.48. The van der Waals surface area contributed by atoms with E-state index < -0.39 is 0 Å². The summed E-state index contributed by atoms with van der Waals surface area (Å²) >= 11 is 1.07. The van der Waals surface area contributed by atoms with Crippen molar-refractivity contribution in [1.82, 2.24) is 30.1 Å². The highest BCUT2D eigenvalue weighted by atomic mass is 32.1. The second-order valence-corrected chi connectivity index (χ2v) is 8.22. The summed E-state index contributed by atoms with van der Waals surface area (Å²) in [6.07, 6.45) is 5.11. The summed E-state index contributed by atoms with van der Waals surface area (Å²) in [6, 6.07) is 12.8. The largest absolute Gasteiger partial charge is 0.495 e. The lowest BCUT2D eigenvalue weighted by molar-refractivity contribution is 0.413. The summed E-state index contributed by atoms with van der Waals surface area (Å²) < 4.78 is 18.9. The van der Waals surface area contributed by atoms with Crippen molar-refractivity contribution in [2.45, 2.75) is 0 Å². The van der Waals surface area contributed by atoms with Gasteiger partial charge in [-0.15, -0.1) is 11.3 Å². The van der Waals surface area contributed by atoms with Crippen molar-refractivity contribution in [2.75, 3.05) is 7.11 Å². The second-order valence-electron chi connectivity index (χ2n) is 7.19. The van der Waals surface area contributed by atoms with E-state index in [0.29, 0.717) is 11.4 Å². The molecule has 0 unspecified atom stereocenters. The van der Waals surface area contributed by atoms with Crippen molar-refractivity contribution in [1.29, 1.82) is 0 Å². The molecule has 7 nitrogen and oxygen atoms in total. The molecular weight excluding hydrogens is 427 g/mol. The van der Waals surface area contributed by atoms with Crippen LogP contribution in [0.2, 0.25) is 0 Å². The molecule has 156 valence electrons. The van der Waals surface area contributed by atoms with Gasteiger partial charge in [-0.05, 0) is 42.5 Å². The predicted octanol–water partition coefficient (Wildman–Crippen LogP) is 5.44. The quantitative estimate of drug-likeness (QED) is 0.379. The highest BCUT2D eigenvalue weighted by Crippen LogP contribution is 2.35. The van der Waals surface area contributed by atoms with Crippen molar-refractivity contribution in [3.63, 3.8) is 0 Å². The van der Waals surface area contributed by atoms with Gasteiger partial charge in [0, 0.05) is 28.9 Å². The molecule has 6 aromatic heterocycles. The van der Waals surface area contributed by atoms with Gasteiger partial charge in [0.25, 0.3) is 0 Å². The number of methoxy groups -OCH3 is 1. The lowest BCUT2D eigenvalue weighted by Crippen LogP contribution is -1.89. The number of nitrogens with zero attached hydrogens (tertiary/aromatic N) is 4. The first-order valence-electron chi connectivity index (χ1n) is 9.78. The Morgan fingerprint density at radius 1 is 1.00 bits per heavy atom. The summed E-state index contributed by atoms with van der Waals surface area (Å²) in [4.78, 5) is 17.7.